The zero-order valence-corrected chi connectivity index (χ0v) is 15.9. The molecule has 0 spiro atoms. The average molecular weight is 376 g/mol. The van der Waals surface area contributed by atoms with Crippen molar-refractivity contribution < 1.29 is 9.59 Å². The van der Waals surface area contributed by atoms with Crippen LogP contribution in [0.15, 0.2) is 67.3 Å². The highest BCUT2D eigenvalue weighted by atomic mass is 16.2. The van der Waals surface area contributed by atoms with Crippen LogP contribution in [0.1, 0.15) is 39.1 Å². The summed E-state index contributed by atoms with van der Waals surface area (Å²) < 4.78 is 2.02. The molecule has 0 aliphatic rings. The maximum Gasteiger partial charge on any atom is 0.255 e. The number of hydrogen-bond donors (Lipinski definition) is 2. The molecule has 3 rings (SSSR count). The van der Waals surface area contributed by atoms with Gasteiger partial charge in [-0.3, -0.25) is 9.59 Å². The summed E-state index contributed by atoms with van der Waals surface area (Å²) in [5.41, 5.74) is 2.65. The van der Waals surface area contributed by atoms with E-state index in [1.165, 1.54) is 0 Å². The lowest BCUT2D eigenvalue weighted by atomic mass is 10.1. The van der Waals surface area contributed by atoms with Gasteiger partial charge < -0.3 is 15.2 Å². The molecule has 1 aromatic heterocycles. The highest BCUT2D eigenvalue weighted by Crippen LogP contribution is 2.18. The van der Waals surface area contributed by atoms with Crippen LogP contribution in [0.3, 0.4) is 0 Å². The largest absolute Gasteiger partial charge is 0.352 e. The SMILES string of the molecule is Cc1ccc(C(=O)NCCCCn2ccnc2)cc1NC(=O)c1ccccc1. The van der Waals surface area contributed by atoms with Gasteiger partial charge in [-0.1, -0.05) is 24.3 Å². The number of hydrogen-bond acceptors (Lipinski definition) is 3. The Bertz CT molecular complexity index is 921. The van der Waals surface area contributed by atoms with Gasteiger partial charge in [0.2, 0.25) is 0 Å². The number of amides is 2. The molecule has 0 fully saturated rings. The molecule has 0 saturated heterocycles. The number of imidazole rings is 1. The minimum Gasteiger partial charge on any atom is -0.352 e. The van der Waals surface area contributed by atoms with E-state index in [1.54, 1.807) is 36.8 Å². The number of benzene rings is 2. The Labute approximate surface area is 164 Å². The molecular weight excluding hydrogens is 352 g/mol. The Balaban J connectivity index is 1.53. The summed E-state index contributed by atoms with van der Waals surface area (Å²) in [7, 11) is 0. The van der Waals surface area contributed by atoms with Crippen molar-refractivity contribution in [3.63, 3.8) is 0 Å². The van der Waals surface area contributed by atoms with Gasteiger partial charge in [0, 0.05) is 42.3 Å². The van der Waals surface area contributed by atoms with Crippen LogP contribution in [0.2, 0.25) is 0 Å². The van der Waals surface area contributed by atoms with E-state index >= 15 is 0 Å². The molecule has 0 atom stereocenters. The number of unbranched alkanes of at least 4 members (excludes halogenated alkanes) is 1. The molecule has 3 aromatic rings. The number of anilines is 1. The number of nitrogens with zero attached hydrogens (tertiary/aromatic N) is 2. The molecule has 144 valence electrons. The lowest BCUT2D eigenvalue weighted by Gasteiger charge is -2.11. The van der Waals surface area contributed by atoms with E-state index in [0.717, 1.165) is 24.9 Å². The van der Waals surface area contributed by atoms with E-state index in [2.05, 4.69) is 15.6 Å². The Hall–Kier alpha value is -3.41. The summed E-state index contributed by atoms with van der Waals surface area (Å²) in [6, 6.07) is 14.3. The lowest BCUT2D eigenvalue weighted by molar-refractivity contribution is 0.0951. The Morgan fingerprint density at radius 3 is 2.57 bits per heavy atom. The van der Waals surface area contributed by atoms with Crippen LogP contribution >= 0.6 is 0 Å². The summed E-state index contributed by atoms with van der Waals surface area (Å²) in [5, 5.41) is 5.82. The molecule has 6 nitrogen and oxygen atoms in total. The van der Waals surface area contributed by atoms with E-state index in [9.17, 15) is 9.59 Å². The van der Waals surface area contributed by atoms with Crippen LogP contribution in [0.25, 0.3) is 0 Å². The highest BCUT2D eigenvalue weighted by molar-refractivity contribution is 6.05. The summed E-state index contributed by atoms with van der Waals surface area (Å²) >= 11 is 0. The summed E-state index contributed by atoms with van der Waals surface area (Å²) in [6.45, 7) is 3.39. The number of rotatable bonds is 8. The fourth-order valence-electron chi connectivity index (χ4n) is 2.82. The fourth-order valence-corrected chi connectivity index (χ4v) is 2.82. The van der Waals surface area contributed by atoms with Gasteiger partial charge in [-0.15, -0.1) is 0 Å². The molecule has 0 bridgehead atoms. The van der Waals surface area contributed by atoms with Gasteiger partial charge in [0.05, 0.1) is 6.33 Å². The number of nitrogens with one attached hydrogen (secondary N) is 2. The smallest absolute Gasteiger partial charge is 0.255 e. The predicted octanol–water partition coefficient (Wildman–Crippen LogP) is 3.65. The van der Waals surface area contributed by atoms with Crippen molar-refractivity contribution in [2.75, 3.05) is 11.9 Å². The molecule has 0 aliphatic heterocycles. The quantitative estimate of drug-likeness (QED) is 0.589. The first-order chi connectivity index (χ1) is 13.6. The first kappa shape index (κ1) is 19.4. The molecule has 6 heteroatoms. The average Bonchev–Trinajstić information content (AvgIpc) is 3.23. The van der Waals surface area contributed by atoms with Crippen molar-refractivity contribution in [2.45, 2.75) is 26.3 Å². The Morgan fingerprint density at radius 2 is 1.82 bits per heavy atom. The lowest BCUT2D eigenvalue weighted by Crippen LogP contribution is -2.25. The molecule has 1 heterocycles. The zero-order valence-electron chi connectivity index (χ0n) is 15.9. The Kier molecular flexibility index (Phi) is 6.57. The van der Waals surface area contributed by atoms with Crippen molar-refractivity contribution in [2.24, 2.45) is 0 Å². The van der Waals surface area contributed by atoms with Crippen LogP contribution in [0, 0.1) is 6.92 Å². The number of aromatic nitrogens is 2. The third-order valence-corrected chi connectivity index (χ3v) is 4.47. The van der Waals surface area contributed by atoms with Gasteiger partial charge >= 0.3 is 0 Å². The fraction of sp³-hybridized carbons (Fsp3) is 0.227. The molecule has 2 N–H and O–H groups in total. The minimum absolute atomic E-state index is 0.141. The van der Waals surface area contributed by atoms with Crippen LogP contribution in [0.5, 0.6) is 0 Å². The van der Waals surface area contributed by atoms with E-state index in [-0.39, 0.29) is 11.8 Å². The molecule has 0 unspecified atom stereocenters. The first-order valence-electron chi connectivity index (χ1n) is 9.34. The van der Waals surface area contributed by atoms with Crippen LogP contribution in [0.4, 0.5) is 5.69 Å². The standard InChI is InChI=1S/C22H24N4O2/c1-17-9-10-19(15-20(17)25-22(28)18-7-3-2-4-8-18)21(27)24-11-5-6-13-26-14-12-23-16-26/h2-4,7-10,12,14-16H,5-6,11,13H2,1H3,(H,24,27)(H,25,28). The van der Waals surface area contributed by atoms with Crippen molar-refractivity contribution in [3.05, 3.63) is 83.9 Å². The zero-order chi connectivity index (χ0) is 19.8. The second-order valence-corrected chi connectivity index (χ2v) is 6.61. The van der Waals surface area contributed by atoms with Crippen molar-refractivity contribution >= 4 is 17.5 Å². The molecule has 0 saturated carbocycles. The van der Waals surface area contributed by atoms with Crippen molar-refractivity contribution in [1.29, 1.82) is 0 Å². The topological polar surface area (TPSA) is 76.0 Å². The van der Waals surface area contributed by atoms with Gasteiger partial charge in [0.25, 0.3) is 11.8 Å². The second-order valence-electron chi connectivity index (χ2n) is 6.61. The molecular formula is C22H24N4O2. The molecule has 0 aliphatic carbocycles. The van der Waals surface area contributed by atoms with E-state index in [1.807, 2.05) is 42.0 Å². The third-order valence-electron chi connectivity index (χ3n) is 4.47. The number of carbonyl (C=O) groups excluding carboxylic acids is 2. The summed E-state index contributed by atoms with van der Waals surface area (Å²) in [4.78, 5) is 28.8. The minimum atomic E-state index is -0.194. The third kappa shape index (κ3) is 5.30. The van der Waals surface area contributed by atoms with Crippen LogP contribution < -0.4 is 10.6 Å². The normalized spacial score (nSPS) is 10.5. The van der Waals surface area contributed by atoms with E-state index < -0.39 is 0 Å². The van der Waals surface area contributed by atoms with Gasteiger partial charge in [-0.2, -0.15) is 0 Å². The molecule has 28 heavy (non-hydrogen) atoms. The second kappa shape index (κ2) is 9.50. The van der Waals surface area contributed by atoms with Gasteiger partial charge in [-0.25, -0.2) is 4.98 Å². The monoisotopic (exact) mass is 376 g/mol. The summed E-state index contributed by atoms with van der Waals surface area (Å²) in [6.07, 6.45) is 7.32. The number of carbonyl (C=O) groups is 2. The first-order valence-corrected chi connectivity index (χ1v) is 9.34. The van der Waals surface area contributed by atoms with E-state index in [0.29, 0.717) is 23.4 Å². The molecule has 2 aromatic carbocycles. The van der Waals surface area contributed by atoms with Crippen molar-refractivity contribution in [3.8, 4) is 0 Å². The summed E-state index contributed by atoms with van der Waals surface area (Å²) in [5.74, 6) is -0.335. The van der Waals surface area contributed by atoms with E-state index in [4.69, 9.17) is 0 Å². The maximum absolute atomic E-state index is 12.4. The predicted molar refractivity (Wildman–Crippen MR) is 109 cm³/mol. The Morgan fingerprint density at radius 1 is 1.00 bits per heavy atom. The van der Waals surface area contributed by atoms with Crippen molar-refractivity contribution in [1.82, 2.24) is 14.9 Å². The molecule has 2 amide bonds. The van der Waals surface area contributed by atoms with Gasteiger partial charge in [-0.05, 0) is 49.6 Å². The highest BCUT2D eigenvalue weighted by Gasteiger charge is 2.11. The van der Waals surface area contributed by atoms with Crippen LogP contribution in [-0.4, -0.2) is 27.9 Å². The maximum atomic E-state index is 12.4. The van der Waals surface area contributed by atoms with Gasteiger partial charge in [0.15, 0.2) is 0 Å². The number of aryl methyl sites for hydroxylation is 2. The van der Waals surface area contributed by atoms with Crippen LogP contribution in [-0.2, 0) is 6.54 Å². The van der Waals surface area contributed by atoms with Gasteiger partial charge in [0.1, 0.15) is 0 Å². The molecule has 0 radical (unpaired) electrons.